The van der Waals surface area contributed by atoms with Crippen molar-refractivity contribution >= 4 is 17.4 Å². The molecule has 30 heavy (non-hydrogen) atoms. The molecule has 7 heteroatoms. The summed E-state index contributed by atoms with van der Waals surface area (Å²) in [7, 11) is 1.82. The number of benzene rings is 2. The van der Waals surface area contributed by atoms with E-state index in [0.717, 1.165) is 22.4 Å². The Labute approximate surface area is 172 Å². The summed E-state index contributed by atoms with van der Waals surface area (Å²) in [5.74, 6) is -1.92. The predicted octanol–water partition coefficient (Wildman–Crippen LogP) is 2.82. The van der Waals surface area contributed by atoms with E-state index in [2.05, 4.69) is 10.4 Å². The summed E-state index contributed by atoms with van der Waals surface area (Å²) in [6.45, 7) is 0.314. The van der Waals surface area contributed by atoms with Gasteiger partial charge in [0.25, 0.3) is 0 Å². The number of fused-ring (bicyclic) bond motifs is 3. The third kappa shape index (κ3) is 2.34. The van der Waals surface area contributed by atoms with Crippen LogP contribution < -0.4 is 10.1 Å². The van der Waals surface area contributed by atoms with Crippen molar-refractivity contribution in [3.63, 3.8) is 0 Å². The predicted molar refractivity (Wildman–Crippen MR) is 109 cm³/mol. The Bertz CT molecular complexity index is 1220. The first-order valence-corrected chi connectivity index (χ1v) is 9.67. The summed E-state index contributed by atoms with van der Waals surface area (Å²) in [4.78, 5) is 26.8. The van der Waals surface area contributed by atoms with Gasteiger partial charge in [-0.3, -0.25) is 14.3 Å². The van der Waals surface area contributed by atoms with E-state index >= 15 is 0 Å². The second-order valence-electron chi connectivity index (χ2n) is 7.49. The van der Waals surface area contributed by atoms with Crippen LogP contribution in [0.1, 0.15) is 17.5 Å². The third-order valence-electron chi connectivity index (χ3n) is 5.96. The van der Waals surface area contributed by atoms with E-state index in [1.54, 1.807) is 35.1 Å². The van der Waals surface area contributed by atoms with Crippen molar-refractivity contribution in [1.29, 1.82) is 5.26 Å². The van der Waals surface area contributed by atoms with Gasteiger partial charge in [-0.2, -0.15) is 10.4 Å². The normalized spacial score (nSPS) is 19.1. The van der Waals surface area contributed by atoms with E-state index in [4.69, 9.17) is 4.74 Å². The fourth-order valence-corrected chi connectivity index (χ4v) is 4.66. The summed E-state index contributed by atoms with van der Waals surface area (Å²) in [6.07, 6.45) is 2.03. The Morgan fingerprint density at radius 3 is 2.80 bits per heavy atom. The smallest absolute Gasteiger partial charge is 0.249 e. The molecule has 1 aliphatic carbocycles. The molecule has 1 amide bonds. The van der Waals surface area contributed by atoms with E-state index in [-0.39, 0.29) is 0 Å². The highest BCUT2D eigenvalue weighted by Crippen LogP contribution is 2.57. The van der Waals surface area contributed by atoms with Gasteiger partial charge in [0, 0.05) is 35.8 Å². The molecule has 0 bridgehead atoms. The van der Waals surface area contributed by atoms with Crippen molar-refractivity contribution < 1.29 is 14.3 Å². The maximum Gasteiger partial charge on any atom is 0.249 e. The molecule has 1 aliphatic heterocycles. The largest absolute Gasteiger partial charge is 0.493 e. The number of para-hydroxylation sites is 1. The summed E-state index contributed by atoms with van der Waals surface area (Å²) in [5, 5.41) is 16.9. The van der Waals surface area contributed by atoms with Crippen LogP contribution in [0.4, 0.5) is 5.69 Å². The van der Waals surface area contributed by atoms with Crippen LogP contribution in [0.25, 0.3) is 11.3 Å². The lowest BCUT2D eigenvalue weighted by molar-refractivity contribution is -0.132. The standard InChI is InChI=1S/C23H18N4O3/c1-27-20-15-8-5-9-18-19(15)23(10-11-30-18,17(20)13-25-27)21(28)16(12-24)22(29)26-14-6-3-2-4-7-14/h2-9,13,16H,10-11H2,1H3,(H,26,29). The van der Waals surface area contributed by atoms with Gasteiger partial charge >= 0.3 is 0 Å². The summed E-state index contributed by atoms with van der Waals surface area (Å²) in [5.41, 5.74) is 2.56. The Morgan fingerprint density at radius 1 is 1.23 bits per heavy atom. The maximum absolute atomic E-state index is 13.9. The van der Waals surface area contributed by atoms with Crippen molar-refractivity contribution in [1.82, 2.24) is 9.78 Å². The number of anilines is 1. The molecule has 0 spiro atoms. The molecule has 1 aromatic heterocycles. The van der Waals surface area contributed by atoms with Gasteiger partial charge in [-0.25, -0.2) is 0 Å². The molecule has 5 rings (SSSR count). The number of carbonyl (C=O) groups is 2. The first-order valence-electron chi connectivity index (χ1n) is 9.67. The highest BCUT2D eigenvalue weighted by atomic mass is 16.5. The number of nitrogens with one attached hydrogen (secondary N) is 1. The van der Waals surface area contributed by atoms with Gasteiger partial charge < -0.3 is 10.1 Å². The van der Waals surface area contributed by atoms with Gasteiger partial charge in [-0.1, -0.05) is 30.3 Å². The summed E-state index contributed by atoms with van der Waals surface area (Å²) < 4.78 is 7.56. The topological polar surface area (TPSA) is 97.0 Å². The molecule has 148 valence electrons. The molecular formula is C23H18N4O3. The number of ether oxygens (including phenoxy) is 1. The number of aromatic nitrogens is 2. The lowest BCUT2D eigenvalue weighted by atomic mass is 9.68. The minimum Gasteiger partial charge on any atom is -0.493 e. The molecular weight excluding hydrogens is 380 g/mol. The van der Waals surface area contributed by atoms with Crippen molar-refractivity contribution in [3.8, 4) is 23.1 Å². The van der Waals surface area contributed by atoms with Crippen LogP contribution in [0, 0.1) is 17.2 Å². The van der Waals surface area contributed by atoms with Gasteiger partial charge in [0.05, 0.1) is 30.0 Å². The molecule has 3 aromatic rings. The highest BCUT2D eigenvalue weighted by Gasteiger charge is 2.56. The van der Waals surface area contributed by atoms with E-state index in [1.165, 1.54) is 0 Å². The maximum atomic E-state index is 13.9. The lowest BCUT2D eigenvalue weighted by Crippen LogP contribution is -2.46. The third-order valence-corrected chi connectivity index (χ3v) is 5.96. The first-order chi connectivity index (χ1) is 14.6. The highest BCUT2D eigenvalue weighted by molar-refractivity contribution is 6.16. The Kier molecular flexibility index (Phi) is 3.97. The van der Waals surface area contributed by atoms with Crippen molar-refractivity contribution in [3.05, 3.63) is 65.9 Å². The molecule has 2 heterocycles. The van der Waals surface area contributed by atoms with Crippen LogP contribution in [0.2, 0.25) is 0 Å². The van der Waals surface area contributed by atoms with E-state index in [1.807, 2.05) is 37.4 Å². The molecule has 2 aliphatic rings. The number of nitriles is 1. The molecule has 2 unspecified atom stereocenters. The number of carbonyl (C=O) groups excluding carboxylic acids is 2. The van der Waals surface area contributed by atoms with Crippen LogP contribution in [0.3, 0.4) is 0 Å². The van der Waals surface area contributed by atoms with Crippen LogP contribution in [0.15, 0.2) is 54.7 Å². The number of Topliss-reactive ketones (excluding diaryl/α,β-unsaturated/α-hetero) is 1. The molecule has 1 N–H and O–H groups in total. The zero-order valence-corrected chi connectivity index (χ0v) is 16.3. The van der Waals surface area contributed by atoms with Gasteiger partial charge in [0.1, 0.15) is 5.75 Å². The number of rotatable bonds is 4. The molecule has 2 aromatic carbocycles. The number of nitrogens with zero attached hydrogens (tertiary/aromatic N) is 3. The SMILES string of the molecule is Cn1ncc2c1-c1cccc3c1C2(C(=O)C(C#N)C(=O)Nc1ccccc1)CCO3. The van der Waals surface area contributed by atoms with Crippen molar-refractivity contribution in [2.24, 2.45) is 13.0 Å². The van der Waals surface area contributed by atoms with E-state index < -0.39 is 23.0 Å². The molecule has 7 nitrogen and oxygen atoms in total. The first kappa shape index (κ1) is 18.1. The minimum atomic E-state index is -1.46. The molecule has 2 atom stereocenters. The number of amides is 1. The molecule has 0 fully saturated rings. The van der Waals surface area contributed by atoms with Crippen molar-refractivity contribution in [2.45, 2.75) is 11.8 Å². The fourth-order valence-electron chi connectivity index (χ4n) is 4.66. The van der Waals surface area contributed by atoms with E-state index in [0.29, 0.717) is 24.5 Å². The van der Waals surface area contributed by atoms with Gasteiger partial charge in [0.2, 0.25) is 5.91 Å². The fraction of sp³-hybridized carbons (Fsp3) is 0.217. The second-order valence-corrected chi connectivity index (χ2v) is 7.49. The number of hydrogen-bond acceptors (Lipinski definition) is 5. The Morgan fingerprint density at radius 2 is 2.03 bits per heavy atom. The zero-order chi connectivity index (χ0) is 20.9. The Balaban J connectivity index is 1.63. The van der Waals surface area contributed by atoms with Crippen LogP contribution in [-0.4, -0.2) is 28.1 Å². The molecule has 0 saturated heterocycles. The zero-order valence-electron chi connectivity index (χ0n) is 16.3. The summed E-state index contributed by atoms with van der Waals surface area (Å²) in [6, 6.07) is 16.4. The number of aryl methyl sites for hydroxylation is 1. The number of ketones is 1. The van der Waals surface area contributed by atoms with Crippen LogP contribution >= 0.6 is 0 Å². The second kappa shape index (κ2) is 6.56. The Hall–Kier alpha value is -3.92. The quantitative estimate of drug-likeness (QED) is 0.682. The van der Waals surface area contributed by atoms with Gasteiger partial charge in [-0.05, 0) is 18.2 Å². The lowest BCUT2D eigenvalue weighted by Gasteiger charge is -2.35. The molecule has 0 radical (unpaired) electrons. The van der Waals surface area contributed by atoms with Crippen LogP contribution in [0.5, 0.6) is 5.75 Å². The molecule has 0 saturated carbocycles. The monoisotopic (exact) mass is 398 g/mol. The van der Waals surface area contributed by atoms with Gasteiger partial charge in [-0.15, -0.1) is 0 Å². The van der Waals surface area contributed by atoms with Gasteiger partial charge in [0.15, 0.2) is 11.7 Å². The van der Waals surface area contributed by atoms with Crippen LogP contribution in [-0.2, 0) is 22.1 Å². The average molecular weight is 398 g/mol. The number of hydrogen-bond donors (Lipinski definition) is 1. The van der Waals surface area contributed by atoms with Crippen molar-refractivity contribution in [2.75, 3.05) is 11.9 Å². The van der Waals surface area contributed by atoms with E-state index in [9.17, 15) is 14.9 Å². The summed E-state index contributed by atoms with van der Waals surface area (Å²) >= 11 is 0. The average Bonchev–Trinajstić information content (AvgIpc) is 3.28. The minimum absolute atomic E-state index is 0.314.